The highest BCUT2D eigenvalue weighted by Gasteiger charge is 2.47. The Hall–Kier alpha value is -4.39. The second-order valence-corrected chi connectivity index (χ2v) is 7.58. The summed E-state index contributed by atoms with van der Waals surface area (Å²) in [5, 5.41) is 11.1. The van der Waals surface area contributed by atoms with Crippen molar-refractivity contribution in [3.63, 3.8) is 0 Å². The zero-order chi connectivity index (χ0) is 24.2. The molecule has 3 aromatic rings. The number of aliphatic hydroxyl groups is 1. The maximum atomic E-state index is 13.2. The monoisotopic (exact) mass is 457 g/mol. The summed E-state index contributed by atoms with van der Waals surface area (Å²) in [7, 11) is 1.54. The Morgan fingerprint density at radius 1 is 0.912 bits per heavy atom. The van der Waals surface area contributed by atoms with E-state index in [-0.39, 0.29) is 17.9 Å². The minimum Gasteiger partial charge on any atom is -0.507 e. The van der Waals surface area contributed by atoms with Crippen LogP contribution in [0.2, 0.25) is 0 Å². The van der Waals surface area contributed by atoms with Gasteiger partial charge in [0, 0.05) is 11.3 Å². The number of hydrogen-bond acceptors (Lipinski definition) is 6. The van der Waals surface area contributed by atoms with Gasteiger partial charge < -0.3 is 14.6 Å². The van der Waals surface area contributed by atoms with Crippen molar-refractivity contribution in [2.24, 2.45) is 0 Å². The molecule has 0 spiro atoms. The van der Waals surface area contributed by atoms with E-state index in [2.05, 4.69) is 0 Å². The summed E-state index contributed by atoms with van der Waals surface area (Å²) in [6.07, 6.45) is 0. The number of ketones is 1. The number of amides is 1. The van der Waals surface area contributed by atoms with Crippen LogP contribution < -0.4 is 9.64 Å². The van der Waals surface area contributed by atoms with E-state index < -0.39 is 23.7 Å². The van der Waals surface area contributed by atoms with Gasteiger partial charge in [0.25, 0.3) is 11.7 Å². The van der Waals surface area contributed by atoms with Gasteiger partial charge in [-0.3, -0.25) is 14.5 Å². The fraction of sp³-hybridized carbons (Fsp3) is 0.148. The van der Waals surface area contributed by atoms with Gasteiger partial charge in [0.15, 0.2) is 0 Å². The van der Waals surface area contributed by atoms with Crippen LogP contribution in [0.4, 0.5) is 5.69 Å². The van der Waals surface area contributed by atoms with Gasteiger partial charge in [-0.05, 0) is 48.9 Å². The van der Waals surface area contributed by atoms with Crippen LogP contribution in [0.1, 0.15) is 34.5 Å². The maximum Gasteiger partial charge on any atom is 0.338 e. The van der Waals surface area contributed by atoms with Crippen LogP contribution in [0, 0.1) is 0 Å². The Morgan fingerprint density at radius 2 is 1.56 bits per heavy atom. The second-order valence-electron chi connectivity index (χ2n) is 7.58. The normalized spacial score (nSPS) is 17.0. The van der Waals surface area contributed by atoms with Crippen molar-refractivity contribution in [2.45, 2.75) is 13.0 Å². The lowest BCUT2D eigenvalue weighted by Gasteiger charge is -2.25. The highest BCUT2D eigenvalue weighted by atomic mass is 16.5. The Balaban J connectivity index is 1.85. The topological polar surface area (TPSA) is 93.1 Å². The summed E-state index contributed by atoms with van der Waals surface area (Å²) in [5.41, 5.74) is 1.76. The van der Waals surface area contributed by atoms with Gasteiger partial charge >= 0.3 is 5.97 Å². The Bertz CT molecular complexity index is 1250. The molecule has 1 aliphatic rings. The third-order valence-corrected chi connectivity index (χ3v) is 5.58. The molecule has 1 fully saturated rings. The van der Waals surface area contributed by atoms with Gasteiger partial charge in [0.2, 0.25) is 0 Å². The lowest BCUT2D eigenvalue weighted by molar-refractivity contribution is -0.132. The van der Waals surface area contributed by atoms with E-state index >= 15 is 0 Å². The van der Waals surface area contributed by atoms with Gasteiger partial charge in [-0.25, -0.2) is 4.79 Å². The van der Waals surface area contributed by atoms with Crippen molar-refractivity contribution in [3.8, 4) is 5.75 Å². The van der Waals surface area contributed by atoms with Crippen LogP contribution >= 0.6 is 0 Å². The maximum absolute atomic E-state index is 13.2. The number of anilines is 1. The summed E-state index contributed by atoms with van der Waals surface area (Å²) in [4.78, 5) is 39.7. The van der Waals surface area contributed by atoms with Crippen LogP contribution in [-0.4, -0.2) is 36.5 Å². The number of hydrogen-bond donors (Lipinski definition) is 1. The molecule has 3 aromatic carbocycles. The quantitative estimate of drug-likeness (QED) is 0.254. The predicted octanol–water partition coefficient (Wildman–Crippen LogP) is 4.50. The molecule has 1 saturated heterocycles. The SMILES string of the molecule is CCOC(=O)c1ccc(N2C(=O)C(=O)/C(=C(/O)c3ccccc3)[C@H]2c2ccc(OC)cc2)cc1. The number of methoxy groups -OCH3 is 1. The van der Waals surface area contributed by atoms with Crippen molar-refractivity contribution in [2.75, 3.05) is 18.6 Å². The largest absolute Gasteiger partial charge is 0.507 e. The van der Waals surface area contributed by atoms with E-state index in [1.165, 1.54) is 17.0 Å². The van der Waals surface area contributed by atoms with Crippen LogP contribution in [0.5, 0.6) is 5.75 Å². The van der Waals surface area contributed by atoms with E-state index in [4.69, 9.17) is 9.47 Å². The van der Waals surface area contributed by atoms with E-state index in [0.717, 1.165) is 0 Å². The number of ether oxygens (including phenoxy) is 2. The molecule has 0 saturated carbocycles. The first-order valence-electron chi connectivity index (χ1n) is 10.7. The van der Waals surface area contributed by atoms with Crippen LogP contribution in [0.15, 0.2) is 84.4 Å². The first kappa shape index (κ1) is 22.8. The van der Waals surface area contributed by atoms with Crippen molar-refractivity contribution in [1.82, 2.24) is 0 Å². The van der Waals surface area contributed by atoms with E-state index in [0.29, 0.717) is 28.1 Å². The summed E-state index contributed by atoms with van der Waals surface area (Å²) in [5.74, 6) is -1.70. The highest BCUT2D eigenvalue weighted by Crippen LogP contribution is 2.42. The molecule has 34 heavy (non-hydrogen) atoms. The fourth-order valence-corrected chi connectivity index (χ4v) is 3.92. The van der Waals surface area contributed by atoms with Crippen molar-refractivity contribution >= 4 is 29.1 Å². The molecule has 1 N–H and O–H groups in total. The van der Waals surface area contributed by atoms with Gasteiger partial charge in [-0.2, -0.15) is 0 Å². The van der Waals surface area contributed by atoms with E-state index in [9.17, 15) is 19.5 Å². The third-order valence-electron chi connectivity index (χ3n) is 5.58. The molecule has 4 rings (SSSR count). The molecule has 0 aromatic heterocycles. The number of benzene rings is 3. The molecule has 1 aliphatic heterocycles. The molecular formula is C27H23NO6. The average Bonchev–Trinajstić information content (AvgIpc) is 3.14. The lowest BCUT2D eigenvalue weighted by atomic mass is 9.95. The number of carbonyl (C=O) groups is 3. The van der Waals surface area contributed by atoms with Crippen molar-refractivity contribution < 1.29 is 29.0 Å². The second kappa shape index (κ2) is 9.62. The van der Waals surface area contributed by atoms with Gasteiger partial charge in [-0.1, -0.05) is 42.5 Å². The van der Waals surface area contributed by atoms with E-state index in [1.807, 2.05) is 0 Å². The zero-order valence-electron chi connectivity index (χ0n) is 18.7. The summed E-state index contributed by atoms with van der Waals surface area (Å²) in [6, 6.07) is 20.9. The molecule has 0 radical (unpaired) electrons. The first-order chi connectivity index (χ1) is 16.5. The molecule has 7 nitrogen and oxygen atoms in total. The number of nitrogens with zero attached hydrogens (tertiary/aromatic N) is 1. The molecule has 0 bridgehead atoms. The first-order valence-corrected chi connectivity index (χ1v) is 10.7. The molecule has 172 valence electrons. The van der Waals surface area contributed by atoms with Gasteiger partial charge in [0.1, 0.15) is 11.5 Å². The van der Waals surface area contributed by atoms with Crippen LogP contribution in [0.3, 0.4) is 0 Å². The van der Waals surface area contributed by atoms with E-state index in [1.54, 1.807) is 80.8 Å². The fourth-order valence-electron chi connectivity index (χ4n) is 3.92. The average molecular weight is 457 g/mol. The minimum absolute atomic E-state index is 0.0177. The third kappa shape index (κ3) is 4.15. The Morgan fingerprint density at radius 3 is 2.15 bits per heavy atom. The van der Waals surface area contributed by atoms with Crippen molar-refractivity contribution in [1.29, 1.82) is 0 Å². The molecule has 1 atom stereocenters. The molecule has 0 unspecified atom stereocenters. The smallest absolute Gasteiger partial charge is 0.338 e. The summed E-state index contributed by atoms with van der Waals surface area (Å²) < 4.78 is 10.2. The van der Waals surface area contributed by atoms with Crippen LogP contribution in [0.25, 0.3) is 5.76 Å². The van der Waals surface area contributed by atoms with Crippen molar-refractivity contribution in [3.05, 3.63) is 101 Å². The zero-order valence-corrected chi connectivity index (χ0v) is 18.7. The van der Waals surface area contributed by atoms with Gasteiger partial charge in [-0.15, -0.1) is 0 Å². The number of aliphatic hydroxyl groups excluding tert-OH is 1. The molecule has 0 aliphatic carbocycles. The predicted molar refractivity (Wildman–Crippen MR) is 127 cm³/mol. The summed E-state index contributed by atoms with van der Waals surface area (Å²) >= 11 is 0. The Kier molecular flexibility index (Phi) is 6.45. The molecular weight excluding hydrogens is 434 g/mol. The minimum atomic E-state index is -0.875. The highest BCUT2D eigenvalue weighted by molar-refractivity contribution is 6.51. The number of rotatable bonds is 6. The number of carbonyl (C=O) groups excluding carboxylic acids is 3. The lowest BCUT2D eigenvalue weighted by Crippen LogP contribution is -2.29. The van der Waals surface area contributed by atoms with Crippen LogP contribution in [-0.2, 0) is 14.3 Å². The summed E-state index contributed by atoms with van der Waals surface area (Å²) in [6.45, 7) is 1.96. The molecule has 7 heteroatoms. The molecule has 1 amide bonds. The standard InChI is InChI=1S/C27H23NO6/c1-3-34-27(32)19-9-13-20(14-10-19)28-23(17-11-15-21(33-2)16-12-17)22(25(30)26(28)31)24(29)18-7-5-4-6-8-18/h4-16,23,29H,3H2,1-2H3/b24-22+/t23-/m1/s1. The molecule has 1 heterocycles. The van der Waals surface area contributed by atoms with Gasteiger partial charge in [0.05, 0.1) is 30.9 Å². The number of Topliss-reactive ketones (excluding diaryl/α,β-unsaturated/α-hetero) is 1. The Labute approximate surface area is 196 Å². The number of esters is 1.